The summed E-state index contributed by atoms with van der Waals surface area (Å²) in [6.07, 6.45) is 0. The molecule has 0 fully saturated rings. The van der Waals surface area contributed by atoms with Crippen molar-refractivity contribution in [2.45, 2.75) is 66.2 Å². The van der Waals surface area contributed by atoms with E-state index in [2.05, 4.69) is 189 Å². The maximum atomic E-state index is 2.35. The molecule has 0 nitrogen and oxygen atoms in total. The number of hydrogen-bond donors (Lipinski definition) is 0. The average molecular weight is 678 g/mol. The number of rotatable bonds is 2. The number of hydrogen-bond acceptors (Lipinski definition) is 0. The molecule has 1 heteroatoms. The topological polar surface area (TPSA) is 0 Å². The summed E-state index contributed by atoms with van der Waals surface area (Å²) in [4.78, 5) is 0. The molecular weight excluding hydrogens is 632 g/mol. The fourth-order valence-corrected chi connectivity index (χ4v) is 6.82. The van der Waals surface area contributed by atoms with E-state index in [1.807, 2.05) is 0 Å². The van der Waals surface area contributed by atoms with E-state index in [0.717, 1.165) is 0 Å². The summed E-state index contributed by atoms with van der Waals surface area (Å²) in [7, 11) is 0. The molecule has 0 amide bonds. The molecule has 0 spiro atoms. The van der Waals surface area contributed by atoms with Crippen LogP contribution in [0, 0.1) is 13.8 Å². The first-order chi connectivity index (χ1) is 21.8. The van der Waals surface area contributed by atoms with Gasteiger partial charge in [-0.1, -0.05) is 95.5 Å². The van der Waals surface area contributed by atoms with Crippen molar-refractivity contribution in [1.29, 1.82) is 0 Å². The standard InChI is InChI=1S/C21H25.C13H10.C11H11.Zr/c1-20(2,3)16-7-9-18-14(12-16)11-15-13-17(21(4,5)6)8-10-19(15)18;1-3-7-12(8-4-1)11-13-9-5-2-6-10-13;1-8-4-3-5-10-7-6-9(2)11(8)10;/h7-13H,1-6H3;1-10H;3-7H,1-2H3;/q-1;;-1;+2. The zero-order chi connectivity index (χ0) is 33.1. The summed E-state index contributed by atoms with van der Waals surface area (Å²) >= 11 is 1.46. The van der Waals surface area contributed by atoms with E-state index in [1.165, 1.54) is 93.1 Å². The van der Waals surface area contributed by atoms with E-state index in [1.54, 1.807) is 0 Å². The first-order valence-corrected chi connectivity index (χ1v) is 17.5. The van der Waals surface area contributed by atoms with Crippen LogP contribution in [0.15, 0.2) is 133 Å². The van der Waals surface area contributed by atoms with Crippen LogP contribution in [-0.2, 0) is 35.1 Å². The first-order valence-electron chi connectivity index (χ1n) is 16.3. The van der Waals surface area contributed by atoms with Crippen molar-refractivity contribution in [2.75, 3.05) is 0 Å². The van der Waals surface area contributed by atoms with Crippen LogP contribution in [0.2, 0.25) is 0 Å². The van der Waals surface area contributed by atoms with Gasteiger partial charge in [0.05, 0.1) is 0 Å². The van der Waals surface area contributed by atoms with Gasteiger partial charge in [0.2, 0.25) is 0 Å². The molecule has 46 heavy (non-hydrogen) atoms. The molecule has 0 aromatic heterocycles. The van der Waals surface area contributed by atoms with Gasteiger partial charge < -0.3 is 0 Å². The summed E-state index contributed by atoms with van der Waals surface area (Å²) in [5.41, 5.74) is 8.64. The van der Waals surface area contributed by atoms with Crippen molar-refractivity contribution < 1.29 is 24.2 Å². The second-order valence-corrected chi connectivity index (χ2v) is 15.6. The summed E-state index contributed by atoms with van der Waals surface area (Å²) in [5.74, 6) is 0. The molecule has 0 heterocycles. The molecule has 0 aliphatic carbocycles. The van der Waals surface area contributed by atoms with Gasteiger partial charge >= 0.3 is 99.2 Å². The van der Waals surface area contributed by atoms with Gasteiger partial charge in [-0.25, -0.2) is 0 Å². The van der Waals surface area contributed by atoms with Crippen LogP contribution in [-0.4, -0.2) is 3.21 Å². The van der Waals surface area contributed by atoms with Gasteiger partial charge in [0, 0.05) is 0 Å². The zero-order valence-electron chi connectivity index (χ0n) is 28.7. The van der Waals surface area contributed by atoms with Crippen LogP contribution in [0.25, 0.3) is 32.3 Å². The Morgan fingerprint density at radius 2 is 1.00 bits per heavy atom. The zero-order valence-corrected chi connectivity index (χ0v) is 31.2. The quantitative estimate of drug-likeness (QED) is 0.160. The Balaban J connectivity index is 0.000000144. The molecule has 7 aromatic carbocycles. The van der Waals surface area contributed by atoms with Gasteiger partial charge in [0.1, 0.15) is 0 Å². The van der Waals surface area contributed by atoms with Gasteiger partial charge in [0.15, 0.2) is 0 Å². The average Bonchev–Trinajstić information content (AvgIpc) is 3.61. The molecule has 0 radical (unpaired) electrons. The van der Waals surface area contributed by atoms with Crippen molar-refractivity contribution in [3.8, 4) is 0 Å². The van der Waals surface area contributed by atoms with Crippen LogP contribution in [0.3, 0.4) is 0 Å². The molecule has 0 atom stereocenters. The molecule has 7 aromatic rings. The van der Waals surface area contributed by atoms with E-state index in [4.69, 9.17) is 0 Å². The second-order valence-electron chi connectivity index (χ2n) is 14.4. The third-order valence-corrected chi connectivity index (χ3v) is 10.2. The Morgan fingerprint density at radius 3 is 1.43 bits per heavy atom. The Kier molecular flexibility index (Phi) is 10.2. The molecule has 0 aliphatic rings. The molecular formula is C45H46Zr. The minimum atomic E-state index is 0.203. The summed E-state index contributed by atoms with van der Waals surface area (Å²) in [5, 5.41) is 8.26. The molecule has 0 aliphatic heterocycles. The Hall–Kier alpha value is -3.67. The van der Waals surface area contributed by atoms with E-state index in [-0.39, 0.29) is 10.8 Å². The molecule has 0 saturated carbocycles. The molecule has 0 bridgehead atoms. The third kappa shape index (κ3) is 7.82. The van der Waals surface area contributed by atoms with Crippen LogP contribution in [0.4, 0.5) is 0 Å². The van der Waals surface area contributed by atoms with Gasteiger partial charge in [-0.15, -0.1) is 68.7 Å². The Labute approximate surface area is 291 Å². The Bertz CT molecular complexity index is 1960. The number of benzene rings is 5. The van der Waals surface area contributed by atoms with E-state index < -0.39 is 0 Å². The Morgan fingerprint density at radius 1 is 0.522 bits per heavy atom. The fraction of sp³-hybridized carbons (Fsp3) is 0.222. The van der Waals surface area contributed by atoms with Crippen molar-refractivity contribution in [2.24, 2.45) is 0 Å². The van der Waals surface area contributed by atoms with Crippen molar-refractivity contribution in [3.63, 3.8) is 0 Å². The molecule has 0 N–H and O–H groups in total. The molecule has 230 valence electrons. The van der Waals surface area contributed by atoms with E-state index >= 15 is 0 Å². The van der Waals surface area contributed by atoms with Crippen LogP contribution in [0.5, 0.6) is 0 Å². The predicted molar refractivity (Wildman–Crippen MR) is 200 cm³/mol. The van der Waals surface area contributed by atoms with Gasteiger partial charge in [0.25, 0.3) is 0 Å². The fourth-order valence-electron chi connectivity index (χ4n) is 6.00. The van der Waals surface area contributed by atoms with Crippen molar-refractivity contribution in [1.82, 2.24) is 0 Å². The third-order valence-electron chi connectivity index (χ3n) is 8.77. The summed E-state index contributed by atoms with van der Waals surface area (Å²) in [6.45, 7) is 18.0. The predicted octanol–water partition coefficient (Wildman–Crippen LogP) is 12.3. The second kappa shape index (κ2) is 14.0. The normalized spacial score (nSPS) is 11.6. The first kappa shape index (κ1) is 33.7. The van der Waals surface area contributed by atoms with Gasteiger partial charge in [-0.2, -0.15) is 11.6 Å². The van der Waals surface area contributed by atoms with Crippen molar-refractivity contribution in [3.05, 3.63) is 167 Å². The summed E-state index contributed by atoms with van der Waals surface area (Å²) in [6, 6.07) is 48.1. The van der Waals surface area contributed by atoms with E-state index in [9.17, 15) is 0 Å². The molecule has 0 unspecified atom stereocenters. The summed E-state index contributed by atoms with van der Waals surface area (Å²) < 4.78 is 1.42. The minimum absolute atomic E-state index is 0.203. The SMILES string of the molecule is CC(C)(C)c1ccc2c(c1)[cH-]c1cc(C(C)(C)C)ccc12.Cc1cccc2[cH-]cc(C)c12.[Zr+2]=[C](c1ccccc1)c1ccccc1. The number of aryl methyl sites for hydroxylation is 2. The van der Waals surface area contributed by atoms with Crippen LogP contribution < -0.4 is 0 Å². The van der Waals surface area contributed by atoms with E-state index in [0.29, 0.717) is 0 Å². The van der Waals surface area contributed by atoms with Crippen LogP contribution in [0.1, 0.15) is 74.9 Å². The van der Waals surface area contributed by atoms with Crippen LogP contribution >= 0.6 is 0 Å². The monoisotopic (exact) mass is 676 g/mol. The van der Waals surface area contributed by atoms with Gasteiger partial charge in [-0.3, -0.25) is 0 Å². The molecule has 7 rings (SSSR count). The van der Waals surface area contributed by atoms with Gasteiger partial charge in [-0.05, 0) is 17.8 Å². The molecule has 0 saturated heterocycles. The number of fused-ring (bicyclic) bond motifs is 4. The maximum absolute atomic E-state index is 2.35. The van der Waals surface area contributed by atoms with Crippen molar-refractivity contribution >= 4 is 35.5 Å².